The molecular formula is C63H88CoN13O15P-2. The molecule has 8 bridgehead atoms. The minimum atomic E-state index is -5.32. The SMILES string of the molecule is CC1=C2N[C@H]([C@H](CC(N)=O)[C@@]2(C)CCC(=O)NC[C@@H](C)OP(=O)([O-])O[C@H]2[C@@H](O)[C@@H](n3cnc4cc(C)c(C)cc43)O[C@@H]2CO)[C@]2(C)N=C(C(C)=C3N=C(C=C4N=C1[C@@H](CCC(N)=O)C4(C)C)[C@@H](CCC(N)=O)[C@]3(C)CC(=O)O)[C@@H](CCC(N)=O)[C@]2(C)CC(N)=O.[C-]#N.[Co]. The number of aliphatic carboxylic acids is 1. The molecule has 6 aliphatic rings. The van der Waals surface area contributed by atoms with E-state index in [9.17, 15) is 58.3 Å². The molecule has 0 aliphatic carbocycles. The number of carboxylic acids is 1. The maximum Gasteiger partial charge on any atom is 0.304 e. The molecule has 15 N–H and O–H groups in total. The fourth-order valence-corrected chi connectivity index (χ4v) is 16.5. The topological polar surface area (TPSA) is 481 Å². The summed E-state index contributed by atoms with van der Waals surface area (Å²) in [6, 6.07) is 2.76. The Labute approximate surface area is 550 Å². The molecule has 93 heavy (non-hydrogen) atoms. The predicted molar refractivity (Wildman–Crippen MR) is 335 cm³/mol. The van der Waals surface area contributed by atoms with Gasteiger partial charge in [-0.05, 0) is 108 Å². The largest absolute Gasteiger partial charge is 0.756 e. The van der Waals surface area contributed by atoms with Gasteiger partial charge in [-0.15, -0.1) is 0 Å². The van der Waals surface area contributed by atoms with Crippen LogP contribution in [0.5, 0.6) is 0 Å². The molecule has 7 heterocycles. The second-order valence-electron chi connectivity index (χ2n) is 27.0. The summed E-state index contributed by atoms with van der Waals surface area (Å²) in [6.07, 6.45) is -5.11. The molecule has 1 aromatic heterocycles. The molecule has 6 aliphatic heterocycles. The van der Waals surface area contributed by atoms with Crippen LogP contribution in [0.2, 0.25) is 0 Å². The van der Waals surface area contributed by atoms with E-state index in [1.54, 1.807) is 19.9 Å². The fraction of sp³-hybridized carbons (Fsp3) is 0.619. The van der Waals surface area contributed by atoms with Crippen LogP contribution in [-0.2, 0) is 68.7 Å². The standard InChI is InChI=1S/C62H89N12O15P.CN.Co/c1-29-20-39-40(21-30(29)2)74(28-69-39)57-52(84)53(41(27-75)87-57)89-90(85,86)88-31(3)26-68-48(81)18-19-59(8)37(22-46(66)79)56-62(11)61(10,24-47(67)80)36(14-17-45(65)78)51(73-62)33(5)55-60(9,25-49(82)83)34(12-15-43(63)76)38(70-55)23-42-58(6,7)35(13-16-44(64)77)50(71-42)32(4)54(59)72-56;1-2;/h20-21,23,28,31,34-37,41,52-53,56-57,72,75,84H,12-19,22,24-27H2,1-11H3,(H2,63,76)(H2,64,77)(H2,65,78)(H2,66,79)(H2,67,80)(H,68,81)(H,82,83)(H,85,86);;/q;-1;/p-1/t31-,34-,35-,36-,37+,41-,52-,53-,56-,57+,59-,60+,61+,62+;;/m1../s1. The van der Waals surface area contributed by atoms with Gasteiger partial charge in [-0.1, -0.05) is 34.6 Å². The van der Waals surface area contributed by atoms with Crippen molar-refractivity contribution in [2.24, 2.45) is 89.0 Å². The van der Waals surface area contributed by atoms with Crippen LogP contribution < -0.4 is 44.2 Å². The molecule has 0 spiro atoms. The first-order chi connectivity index (χ1) is 42.8. The Bertz CT molecular complexity index is 3600. The number of hydrogen-bond acceptors (Lipinski definition) is 20. The monoisotopic (exact) mass is 1360 g/mol. The summed E-state index contributed by atoms with van der Waals surface area (Å²) in [4.78, 5) is 127. The Kier molecular flexibility index (Phi) is 23.0. The molecule has 8 rings (SSSR count). The maximum absolute atomic E-state index is 14.4. The number of aliphatic hydroxyl groups is 2. The van der Waals surface area contributed by atoms with Crippen molar-refractivity contribution in [3.05, 3.63) is 70.5 Å². The number of nitrogens with one attached hydrogen (secondary N) is 2. The summed E-state index contributed by atoms with van der Waals surface area (Å²) >= 11 is 0. The number of aromatic nitrogens is 2. The molecule has 2 aromatic rings. The zero-order chi connectivity index (χ0) is 68.7. The molecule has 0 saturated carbocycles. The van der Waals surface area contributed by atoms with Gasteiger partial charge >= 0.3 is 5.97 Å². The smallest absolute Gasteiger partial charge is 0.304 e. The number of ether oxygens (including phenoxy) is 1. The molecule has 28 nitrogen and oxygen atoms in total. The van der Waals surface area contributed by atoms with Crippen molar-refractivity contribution < 1.29 is 88.9 Å². The van der Waals surface area contributed by atoms with E-state index in [0.717, 1.165) is 11.1 Å². The second kappa shape index (κ2) is 28.5. The number of primary amides is 5. The number of imidazole rings is 1. The number of aliphatic hydroxyl groups excluding tert-OH is 2. The number of hydrogen-bond donors (Lipinski definition) is 10. The third-order valence-corrected chi connectivity index (χ3v) is 21.7. The van der Waals surface area contributed by atoms with E-state index in [-0.39, 0.29) is 87.5 Å². The van der Waals surface area contributed by atoms with E-state index in [2.05, 4.69) is 15.6 Å². The molecule has 1 radical (unpaired) electrons. The van der Waals surface area contributed by atoms with Gasteiger partial charge in [0.05, 0.1) is 53.8 Å². The van der Waals surface area contributed by atoms with Crippen LogP contribution in [0.1, 0.15) is 150 Å². The molecule has 6 amide bonds. The normalized spacial score (nSPS) is 31.0. The molecule has 30 heteroatoms. The number of phosphoric acid groups is 1. The first kappa shape index (κ1) is 75.0. The van der Waals surface area contributed by atoms with Gasteiger partial charge < -0.3 is 89.7 Å². The van der Waals surface area contributed by atoms with Gasteiger partial charge in [-0.3, -0.25) is 53.1 Å². The van der Waals surface area contributed by atoms with E-state index in [4.69, 9.17) is 69.3 Å². The molecule has 1 unspecified atom stereocenters. The summed E-state index contributed by atoms with van der Waals surface area (Å²) in [5.41, 5.74) is 30.5. The summed E-state index contributed by atoms with van der Waals surface area (Å²) in [5.74, 6) is -7.98. The second-order valence-corrected chi connectivity index (χ2v) is 28.3. The van der Waals surface area contributed by atoms with E-state index in [1.807, 2.05) is 67.5 Å². The minimum absolute atomic E-state index is 0. The van der Waals surface area contributed by atoms with Crippen molar-refractivity contribution in [2.75, 3.05) is 13.2 Å². The first-order valence-electron chi connectivity index (χ1n) is 30.7. The van der Waals surface area contributed by atoms with Crippen LogP contribution in [-0.4, -0.2) is 133 Å². The Hall–Kier alpha value is -7.00. The van der Waals surface area contributed by atoms with Gasteiger partial charge in [-0.25, -0.2) is 4.98 Å². The molecule has 2 fully saturated rings. The fourth-order valence-electron chi connectivity index (χ4n) is 15.4. The van der Waals surface area contributed by atoms with Crippen LogP contribution in [0.15, 0.2) is 67.8 Å². The van der Waals surface area contributed by atoms with Crippen LogP contribution in [0.25, 0.3) is 11.0 Å². The number of carbonyl (C=O) groups is 7. The summed E-state index contributed by atoms with van der Waals surface area (Å²) in [5, 5.41) is 45.3. The van der Waals surface area contributed by atoms with Gasteiger partial charge in [-0.2, -0.15) is 0 Å². The Morgan fingerprint density at radius 3 is 1.99 bits per heavy atom. The number of nitrogens with zero attached hydrogens (tertiary/aromatic N) is 6. The Morgan fingerprint density at radius 2 is 1.42 bits per heavy atom. The van der Waals surface area contributed by atoms with Crippen molar-refractivity contribution in [3.8, 4) is 0 Å². The van der Waals surface area contributed by atoms with Crippen molar-refractivity contribution in [1.82, 2.24) is 20.2 Å². The number of rotatable bonds is 26. The van der Waals surface area contributed by atoms with Crippen LogP contribution in [0.3, 0.4) is 0 Å². The summed E-state index contributed by atoms with van der Waals surface area (Å²) in [7, 11) is -5.32. The molecule has 2 saturated heterocycles. The summed E-state index contributed by atoms with van der Waals surface area (Å²) in [6.45, 7) is 23.6. The number of nitrogens with two attached hydrogens (primary N) is 5. The zero-order valence-corrected chi connectivity index (χ0v) is 56.3. The van der Waals surface area contributed by atoms with Crippen molar-refractivity contribution in [1.29, 1.82) is 5.26 Å². The third kappa shape index (κ3) is 14.6. The van der Waals surface area contributed by atoms with Gasteiger partial charge in [0.2, 0.25) is 35.4 Å². The van der Waals surface area contributed by atoms with E-state index >= 15 is 0 Å². The minimum Gasteiger partial charge on any atom is -0.756 e. The van der Waals surface area contributed by atoms with Crippen molar-refractivity contribution in [3.63, 3.8) is 0 Å². The van der Waals surface area contributed by atoms with Gasteiger partial charge in [0.25, 0.3) is 7.82 Å². The van der Waals surface area contributed by atoms with Crippen LogP contribution in [0, 0.1) is 71.0 Å². The van der Waals surface area contributed by atoms with Gasteiger partial charge in [0.15, 0.2) is 6.23 Å². The average molecular weight is 1360 g/mol. The predicted octanol–water partition coefficient (Wildman–Crippen LogP) is 3.22. The Balaban J connectivity index is 0.00000453. The van der Waals surface area contributed by atoms with Gasteiger partial charge in [0.1, 0.15) is 18.3 Å². The Morgan fingerprint density at radius 1 is 0.828 bits per heavy atom. The van der Waals surface area contributed by atoms with Crippen molar-refractivity contribution >= 4 is 77.4 Å². The number of aliphatic imine (C=N–C) groups is 3. The van der Waals surface area contributed by atoms with E-state index in [0.29, 0.717) is 56.4 Å². The summed E-state index contributed by atoms with van der Waals surface area (Å²) < 4.78 is 31.9. The number of benzene rings is 1. The quantitative estimate of drug-likeness (QED) is 0.0477. The first-order valence-corrected chi connectivity index (χ1v) is 32.2. The number of allylic oxidation sites excluding steroid dienone is 6. The average Bonchev–Trinajstić information content (AvgIpc) is 1.53. The van der Waals surface area contributed by atoms with Crippen LogP contribution >= 0.6 is 7.82 Å². The maximum atomic E-state index is 14.4. The number of amides is 6. The van der Waals surface area contributed by atoms with E-state index < -0.39 is 150 Å². The number of aryl methyl sites for hydroxylation is 2. The molecular weight excluding hydrogens is 1270 g/mol. The van der Waals surface area contributed by atoms with Gasteiger partial charge in [0, 0.05) is 136 Å². The number of carboxylic acid groups (broad SMARTS) is 1. The molecule has 511 valence electrons. The van der Waals surface area contributed by atoms with Crippen molar-refractivity contribution in [2.45, 2.75) is 189 Å². The van der Waals surface area contributed by atoms with E-state index in [1.165, 1.54) is 17.8 Å². The van der Waals surface area contributed by atoms with Crippen LogP contribution in [0.4, 0.5) is 0 Å². The third-order valence-electron chi connectivity index (χ3n) is 20.6. The number of carbonyl (C=O) groups excluding carboxylic acids is 6. The number of fused-ring (bicyclic) bond motifs is 7. The zero-order valence-electron chi connectivity index (χ0n) is 54.4. The number of phosphoric ester groups is 1. The molecule has 1 aromatic carbocycles. The molecule has 15 atom stereocenters.